The van der Waals surface area contributed by atoms with Crippen molar-refractivity contribution in [2.75, 3.05) is 11.6 Å². The van der Waals surface area contributed by atoms with Gasteiger partial charge >= 0.3 is 0 Å². The van der Waals surface area contributed by atoms with Gasteiger partial charge in [0, 0.05) is 10.9 Å². The van der Waals surface area contributed by atoms with Crippen molar-refractivity contribution >= 4 is 33.0 Å². The van der Waals surface area contributed by atoms with Crippen molar-refractivity contribution in [2.24, 2.45) is 0 Å². The summed E-state index contributed by atoms with van der Waals surface area (Å²) in [7, 11) is -3.21. The first-order valence-electron chi connectivity index (χ1n) is 4.10. The largest absolute Gasteiger partial charge is 0.224 e. The van der Waals surface area contributed by atoms with Gasteiger partial charge in [0.1, 0.15) is 0 Å². The maximum absolute atomic E-state index is 11.6. The van der Waals surface area contributed by atoms with Gasteiger partial charge in [-0.15, -0.1) is 11.6 Å². The fourth-order valence-electron chi connectivity index (χ4n) is 1.02. The Hall–Kier alpha value is -0.250. The van der Waals surface area contributed by atoms with Crippen molar-refractivity contribution in [1.82, 2.24) is 0 Å². The summed E-state index contributed by atoms with van der Waals surface area (Å²) in [5.74, 6) is 0.413. The third-order valence-electron chi connectivity index (χ3n) is 1.70. The Bertz CT molecular complexity index is 401. The summed E-state index contributed by atoms with van der Waals surface area (Å²) in [6.45, 7) is 0. The predicted molar refractivity (Wildman–Crippen MR) is 58.8 cm³/mol. The van der Waals surface area contributed by atoms with E-state index in [4.69, 9.17) is 23.2 Å². The zero-order valence-corrected chi connectivity index (χ0v) is 9.74. The lowest BCUT2D eigenvalue weighted by Crippen LogP contribution is -2.07. The Kier molecular flexibility index (Phi) is 4.23. The van der Waals surface area contributed by atoms with Gasteiger partial charge < -0.3 is 0 Å². The Balaban J connectivity index is 2.93. The molecule has 0 bridgehead atoms. The Morgan fingerprint density at radius 3 is 2.57 bits per heavy atom. The molecule has 2 nitrogen and oxygen atoms in total. The molecule has 0 heterocycles. The molecule has 0 aliphatic carbocycles. The summed E-state index contributed by atoms with van der Waals surface area (Å²) in [5.41, 5.74) is 0. The van der Waals surface area contributed by atoms with Gasteiger partial charge in [0.05, 0.1) is 10.6 Å². The number of benzene rings is 1. The number of hydrogen-bond acceptors (Lipinski definition) is 2. The van der Waals surface area contributed by atoms with Crippen LogP contribution in [0.5, 0.6) is 0 Å². The molecule has 5 heteroatoms. The van der Waals surface area contributed by atoms with E-state index in [-0.39, 0.29) is 10.6 Å². The van der Waals surface area contributed by atoms with Crippen LogP contribution in [0.2, 0.25) is 5.02 Å². The first-order valence-corrected chi connectivity index (χ1v) is 6.67. The van der Waals surface area contributed by atoms with Crippen LogP contribution in [0, 0.1) is 0 Å². The number of alkyl halides is 1. The van der Waals surface area contributed by atoms with Gasteiger partial charge in [-0.2, -0.15) is 0 Å². The molecule has 0 radical (unpaired) electrons. The lowest BCUT2D eigenvalue weighted by molar-refractivity contribution is 0.595. The first-order chi connectivity index (χ1) is 6.56. The van der Waals surface area contributed by atoms with Crippen LogP contribution in [-0.4, -0.2) is 20.1 Å². The third-order valence-corrected chi connectivity index (χ3v) is 4.00. The highest BCUT2D eigenvalue weighted by molar-refractivity contribution is 7.91. The second-order valence-corrected chi connectivity index (χ2v) is 5.74. The molecule has 0 unspecified atom stereocenters. The Morgan fingerprint density at radius 1 is 1.29 bits per heavy atom. The van der Waals surface area contributed by atoms with Crippen molar-refractivity contribution in [1.29, 1.82) is 0 Å². The van der Waals surface area contributed by atoms with E-state index in [2.05, 4.69) is 0 Å². The van der Waals surface area contributed by atoms with Crippen LogP contribution >= 0.6 is 23.2 Å². The second kappa shape index (κ2) is 5.01. The number of hydrogen-bond donors (Lipinski definition) is 0. The number of rotatable bonds is 4. The monoisotopic (exact) mass is 252 g/mol. The van der Waals surface area contributed by atoms with Gasteiger partial charge in [0.25, 0.3) is 0 Å². The van der Waals surface area contributed by atoms with Gasteiger partial charge in [-0.1, -0.05) is 17.7 Å². The quantitative estimate of drug-likeness (QED) is 0.773. The minimum absolute atomic E-state index is 0.0663. The van der Waals surface area contributed by atoms with Crippen LogP contribution < -0.4 is 0 Å². The fourth-order valence-corrected chi connectivity index (χ4v) is 2.92. The van der Waals surface area contributed by atoms with E-state index in [1.54, 1.807) is 12.1 Å². The zero-order chi connectivity index (χ0) is 10.6. The Morgan fingerprint density at radius 2 is 2.00 bits per heavy atom. The first kappa shape index (κ1) is 11.8. The molecule has 78 valence electrons. The van der Waals surface area contributed by atoms with Gasteiger partial charge in [-0.3, -0.25) is 0 Å². The van der Waals surface area contributed by atoms with Crippen LogP contribution in [0.1, 0.15) is 6.42 Å². The summed E-state index contributed by atoms with van der Waals surface area (Å²) in [4.78, 5) is 0.259. The molecule has 0 fully saturated rings. The van der Waals surface area contributed by atoms with E-state index >= 15 is 0 Å². The zero-order valence-electron chi connectivity index (χ0n) is 7.41. The average molecular weight is 253 g/mol. The van der Waals surface area contributed by atoms with Crippen molar-refractivity contribution in [3.8, 4) is 0 Å². The molecule has 0 N–H and O–H groups in total. The highest BCUT2D eigenvalue weighted by atomic mass is 35.5. The van der Waals surface area contributed by atoms with E-state index in [0.717, 1.165) is 0 Å². The molecular weight excluding hydrogens is 243 g/mol. The molecule has 0 atom stereocenters. The smallest absolute Gasteiger partial charge is 0.178 e. The second-order valence-electron chi connectivity index (χ2n) is 2.82. The van der Waals surface area contributed by atoms with Crippen LogP contribution in [0.3, 0.4) is 0 Å². The van der Waals surface area contributed by atoms with Gasteiger partial charge in [0.15, 0.2) is 9.84 Å². The number of halogens is 2. The van der Waals surface area contributed by atoms with Crippen LogP contribution in [0.15, 0.2) is 29.2 Å². The van der Waals surface area contributed by atoms with Crippen molar-refractivity contribution in [3.05, 3.63) is 29.3 Å². The molecule has 0 amide bonds. The molecule has 1 aromatic carbocycles. The molecule has 0 aliphatic rings. The van der Waals surface area contributed by atoms with Crippen molar-refractivity contribution in [2.45, 2.75) is 11.3 Å². The van der Waals surface area contributed by atoms with Crippen molar-refractivity contribution in [3.63, 3.8) is 0 Å². The predicted octanol–water partition coefficient (Wildman–Crippen LogP) is 2.74. The summed E-state index contributed by atoms with van der Waals surface area (Å²) in [5, 5.41) is 0.428. The standard InChI is InChI=1S/C9H10Cl2O2S/c10-5-2-6-14(12,13)9-4-1-3-8(11)7-9/h1,3-4,7H,2,5-6H2. The lowest BCUT2D eigenvalue weighted by atomic mass is 10.4. The summed E-state index contributed by atoms with van der Waals surface area (Å²) in [6, 6.07) is 6.25. The van der Waals surface area contributed by atoms with Crippen LogP contribution in [-0.2, 0) is 9.84 Å². The molecule has 0 saturated carbocycles. The molecule has 0 spiro atoms. The van der Waals surface area contributed by atoms with E-state index in [9.17, 15) is 8.42 Å². The molecular formula is C9H10Cl2O2S. The average Bonchev–Trinajstić information content (AvgIpc) is 2.15. The van der Waals surface area contributed by atoms with E-state index in [1.165, 1.54) is 12.1 Å². The Labute approximate surface area is 93.8 Å². The highest BCUT2D eigenvalue weighted by Gasteiger charge is 2.13. The van der Waals surface area contributed by atoms with Gasteiger partial charge in [0.2, 0.25) is 0 Å². The third kappa shape index (κ3) is 3.15. The summed E-state index contributed by atoms with van der Waals surface area (Å²) >= 11 is 11.1. The SMILES string of the molecule is O=S(=O)(CCCCl)c1cccc(Cl)c1. The summed E-state index contributed by atoms with van der Waals surface area (Å²) in [6.07, 6.45) is 0.455. The van der Waals surface area contributed by atoms with E-state index < -0.39 is 9.84 Å². The molecule has 0 aromatic heterocycles. The van der Waals surface area contributed by atoms with E-state index in [1.807, 2.05) is 0 Å². The molecule has 1 aromatic rings. The van der Waals surface area contributed by atoms with Crippen LogP contribution in [0.25, 0.3) is 0 Å². The lowest BCUT2D eigenvalue weighted by Gasteiger charge is -2.02. The maximum Gasteiger partial charge on any atom is 0.178 e. The molecule has 1 rings (SSSR count). The minimum atomic E-state index is -3.21. The van der Waals surface area contributed by atoms with E-state index in [0.29, 0.717) is 17.3 Å². The fraction of sp³-hybridized carbons (Fsp3) is 0.333. The van der Waals surface area contributed by atoms with Gasteiger partial charge in [-0.25, -0.2) is 8.42 Å². The normalized spacial score (nSPS) is 11.6. The topological polar surface area (TPSA) is 34.1 Å². The summed E-state index contributed by atoms with van der Waals surface area (Å²) < 4.78 is 23.3. The van der Waals surface area contributed by atoms with Crippen molar-refractivity contribution < 1.29 is 8.42 Å². The highest BCUT2D eigenvalue weighted by Crippen LogP contribution is 2.17. The maximum atomic E-state index is 11.6. The van der Waals surface area contributed by atoms with Crippen LogP contribution in [0.4, 0.5) is 0 Å². The molecule has 0 aliphatic heterocycles. The molecule has 14 heavy (non-hydrogen) atoms. The number of sulfone groups is 1. The van der Waals surface area contributed by atoms with Gasteiger partial charge in [-0.05, 0) is 24.6 Å². The minimum Gasteiger partial charge on any atom is -0.224 e. The molecule has 0 saturated heterocycles.